The van der Waals surface area contributed by atoms with Gasteiger partial charge in [-0.1, -0.05) is 63.9 Å². The molecule has 2 aromatic rings. The number of para-hydroxylation sites is 1. The summed E-state index contributed by atoms with van der Waals surface area (Å²) in [5, 5.41) is 0.638. The highest BCUT2D eigenvalue weighted by Crippen LogP contribution is 2.39. The Morgan fingerprint density at radius 1 is 1.00 bits per heavy atom. The van der Waals surface area contributed by atoms with Gasteiger partial charge in [-0.25, -0.2) is 9.69 Å². The van der Waals surface area contributed by atoms with Crippen LogP contribution in [0, 0.1) is 5.92 Å². The van der Waals surface area contributed by atoms with Gasteiger partial charge in [0.2, 0.25) is 5.91 Å². The molecule has 3 amide bonds. The van der Waals surface area contributed by atoms with E-state index in [2.05, 4.69) is 15.9 Å². The number of rotatable bonds is 3. The molecule has 1 aliphatic heterocycles. The normalized spacial score (nSPS) is 25.5. The van der Waals surface area contributed by atoms with Crippen molar-refractivity contribution in [1.29, 1.82) is 0 Å². The first kappa shape index (κ1) is 18.5. The Morgan fingerprint density at radius 2 is 1.70 bits per heavy atom. The second-order valence-corrected chi connectivity index (χ2v) is 8.80. The Morgan fingerprint density at radius 3 is 2.44 bits per heavy atom. The number of anilines is 1. The number of hydrogen-bond acceptors (Lipinski definition) is 2. The van der Waals surface area contributed by atoms with Crippen molar-refractivity contribution < 1.29 is 9.59 Å². The molecule has 3 unspecified atom stereocenters. The fourth-order valence-corrected chi connectivity index (χ4v) is 4.94. The van der Waals surface area contributed by atoms with Gasteiger partial charge in [-0.15, -0.1) is 0 Å². The van der Waals surface area contributed by atoms with Crippen LogP contribution in [0.15, 0.2) is 54.6 Å². The Kier molecular flexibility index (Phi) is 5.24. The minimum atomic E-state index is -0.264. The number of alkyl halides is 1. The lowest BCUT2D eigenvalue weighted by Crippen LogP contribution is -2.63. The van der Waals surface area contributed by atoms with E-state index < -0.39 is 0 Å². The molecule has 140 valence electrons. The third-order valence-electron chi connectivity index (χ3n) is 5.44. The molecule has 0 spiro atoms. The van der Waals surface area contributed by atoms with Crippen molar-refractivity contribution in [2.75, 3.05) is 4.90 Å². The summed E-state index contributed by atoms with van der Waals surface area (Å²) in [5.74, 6) is -0.306. The summed E-state index contributed by atoms with van der Waals surface area (Å²) in [6.07, 6.45) is 2.50. The van der Waals surface area contributed by atoms with E-state index in [1.807, 2.05) is 47.4 Å². The zero-order valence-corrected chi connectivity index (χ0v) is 17.1. The fraction of sp³-hybridized carbons (Fsp3) is 0.333. The highest BCUT2D eigenvalue weighted by molar-refractivity contribution is 9.09. The molecular weight excluding hydrogens is 428 g/mol. The number of urea groups is 1. The number of fused-ring (bicyclic) bond motifs is 1. The minimum Gasteiger partial charge on any atom is -0.316 e. The second kappa shape index (κ2) is 7.64. The lowest BCUT2D eigenvalue weighted by molar-refractivity contribution is -0.126. The van der Waals surface area contributed by atoms with Crippen molar-refractivity contribution in [3.05, 3.63) is 65.2 Å². The van der Waals surface area contributed by atoms with E-state index in [0.717, 1.165) is 24.8 Å². The van der Waals surface area contributed by atoms with Crippen molar-refractivity contribution in [2.45, 2.75) is 36.7 Å². The number of amides is 3. The molecule has 2 fully saturated rings. The van der Waals surface area contributed by atoms with E-state index in [1.165, 1.54) is 4.90 Å². The predicted octanol–water partition coefficient (Wildman–Crippen LogP) is 5.24. The zero-order valence-electron chi connectivity index (χ0n) is 14.7. The van der Waals surface area contributed by atoms with Gasteiger partial charge in [0.25, 0.3) is 0 Å². The average molecular weight is 448 g/mol. The van der Waals surface area contributed by atoms with Gasteiger partial charge in [0.1, 0.15) is 0 Å². The average Bonchev–Trinajstić information content (AvgIpc) is 2.68. The van der Waals surface area contributed by atoms with Crippen molar-refractivity contribution in [3.8, 4) is 0 Å². The van der Waals surface area contributed by atoms with E-state index in [1.54, 1.807) is 12.1 Å². The number of halogens is 2. The molecule has 3 atom stereocenters. The van der Waals surface area contributed by atoms with Crippen LogP contribution >= 0.6 is 27.5 Å². The number of carbonyl (C=O) groups is 2. The summed E-state index contributed by atoms with van der Waals surface area (Å²) in [4.78, 5) is 30.0. The minimum absolute atomic E-state index is 0.0879. The van der Waals surface area contributed by atoms with Crippen molar-refractivity contribution in [3.63, 3.8) is 0 Å². The summed E-state index contributed by atoms with van der Waals surface area (Å²) < 4.78 is 0. The number of nitrogens with zero attached hydrogens (tertiary/aromatic N) is 2. The van der Waals surface area contributed by atoms with Crippen LogP contribution in [0.5, 0.6) is 0 Å². The van der Waals surface area contributed by atoms with E-state index in [-0.39, 0.29) is 23.9 Å². The van der Waals surface area contributed by atoms with Gasteiger partial charge < -0.3 is 4.90 Å². The smallest absolute Gasteiger partial charge is 0.316 e. The molecule has 4 nitrogen and oxygen atoms in total. The highest BCUT2D eigenvalue weighted by atomic mass is 79.9. The SMILES string of the molecule is O=C1C2CC(Br)CCC2N(Cc2ccccc2Cl)C(=O)N1c1ccccc1. The largest absolute Gasteiger partial charge is 0.331 e. The highest BCUT2D eigenvalue weighted by Gasteiger charge is 2.48. The first-order valence-corrected chi connectivity index (χ1v) is 10.4. The molecule has 27 heavy (non-hydrogen) atoms. The molecule has 1 heterocycles. The molecule has 0 aromatic heterocycles. The van der Waals surface area contributed by atoms with E-state index >= 15 is 0 Å². The molecular formula is C21H20BrClN2O2. The van der Waals surface area contributed by atoms with Crippen molar-refractivity contribution in [2.24, 2.45) is 5.92 Å². The van der Waals surface area contributed by atoms with Gasteiger partial charge in [-0.3, -0.25) is 4.79 Å². The molecule has 2 aromatic carbocycles. The first-order valence-electron chi connectivity index (χ1n) is 9.13. The zero-order chi connectivity index (χ0) is 19.0. The first-order chi connectivity index (χ1) is 13.1. The third kappa shape index (κ3) is 3.50. The Hall–Kier alpha value is -1.85. The van der Waals surface area contributed by atoms with Gasteiger partial charge >= 0.3 is 6.03 Å². The van der Waals surface area contributed by atoms with Gasteiger partial charge in [0.15, 0.2) is 0 Å². The van der Waals surface area contributed by atoms with Crippen LogP contribution in [-0.2, 0) is 11.3 Å². The maximum Gasteiger partial charge on any atom is 0.331 e. The Labute approximate surface area is 172 Å². The second-order valence-electron chi connectivity index (χ2n) is 7.10. The number of hydrogen-bond donors (Lipinski definition) is 0. The summed E-state index contributed by atoms with van der Waals surface area (Å²) in [5.41, 5.74) is 1.52. The van der Waals surface area contributed by atoms with E-state index in [9.17, 15) is 9.59 Å². The Balaban J connectivity index is 1.72. The number of carbonyl (C=O) groups excluding carboxylic acids is 2. The summed E-state index contributed by atoms with van der Waals surface area (Å²) >= 11 is 10.0. The fourth-order valence-electron chi connectivity index (χ4n) is 4.08. The van der Waals surface area contributed by atoms with Crippen LogP contribution in [0.3, 0.4) is 0 Å². The molecule has 1 saturated heterocycles. The van der Waals surface area contributed by atoms with Crippen molar-refractivity contribution in [1.82, 2.24) is 4.90 Å². The van der Waals surface area contributed by atoms with Crippen LogP contribution in [0.1, 0.15) is 24.8 Å². The molecule has 0 bridgehead atoms. The molecule has 1 saturated carbocycles. The maximum absolute atomic E-state index is 13.4. The van der Waals surface area contributed by atoms with Crippen LogP contribution < -0.4 is 4.90 Å². The molecule has 1 aliphatic carbocycles. The third-order valence-corrected chi connectivity index (χ3v) is 6.64. The van der Waals surface area contributed by atoms with E-state index in [4.69, 9.17) is 11.6 Å². The monoisotopic (exact) mass is 446 g/mol. The molecule has 4 rings (SSSR count). The van der Waals surface area contributed by atoms with Gasteiger partial charge in [-0.05, 0) is 43.0 Å². The Bertz CT molecular complexity index is 860. The molecule has 0 N–H and O–H groups in total. The van der Waals surface area contributed by atoms with E-state index in [0.29, 0.717) is 22.1 Å². The number of imide groups is 1. The summed E-state index contributed by atoms with van der Waals surface area (Å²) in [7, 11) is 0. The molecule has 0 radical (unpaired) electrons. The molecule has 6 heteroatoms. The maximum atomic E-state index is 13.4. The lowest BCUT2D eigenvalue weighted by Gasteiger charge is -2.47. The quantitative estimate of drug-likeness (QED) is 0.604. The summed E-state index contributed by atoms with van der Waals surface area (Å²) in [6.45, 7) is 0.406. The van der Waals surface area contributed by atoms with Crippen LogP contribution in [-0.4, -0.2) is 27.7 Å². The van der Waals surface area contributed by atoms with Gasteiger partial charge in [0, 0.05) is 22.4 Å². The van der Waals surface area contributed by atoms with Crippen LogP contribution in [0.4, 0.5) is 10.5 Å². The standard InChI is InChI=1S/C21H20BrClN2O2/c22-15-10-11-19-17(12-15)20(26)25(16-7-2-1-3-8-16)21(27)24(19)13-14-6-4-5-9-18(14)23/h1-9,15,17,19H,10-13H2. The van der Waals surface area contributed by atoms with Crippen LogP contribution in [0.25, 0.3) is 0 Å². The van der Waals surface area contributed by atoms with Gasteiger partial charge in [0.05, 0.1) is 11.6 Å². The molecule has 2 aliphatic rings. The lowest BCUT2D eigenvalue weighted by atomic mass is 9.80. The number of benzene rings is 2. The topological polar surface area (TPSA) is 40.6 Å². The summed E-state index contributed by atoms with van der Waals surface area (Å²) in [6, 6.07) is 16.4. The van der Waals surface area contributed by atoms with Crippen molar-refractivity contribution >= 4 is 45.2 Å². The predicted molar refractivity (Wildman–Crippen MR) is 110 cm³/mol. The van der Waals surface area contributed by atoms with Crippen LogP contribution in [0.2, 0.25) is 5.02 Å². The van der Waals surface area contributed by atoms with Gasteiger partial charge in [-0.2, -0.15) is 0 Å².